The zero-order valence-corrected chi connectivity index (χ0v) is 20.7. The third-order valence-corrected chi connectivity index (χ3v) is 6.72. The molecule has 0 bridgehead atoms. The number of benzene rings is 3. The van der Waals surface area contributed by atoms with E-state index in [1.54, 1.807) is 24.3 Å². The van der Waals surface area contributed by atoms with Crippen LogP contribution in [0, 0.1) is 11.6 Å². The first kappa shape index (κ1) is 26.8. The number of halogens is 2. The average Bonchev–Trinajstić information content (AvgIpc) is 2.86. The molecule has 36 heavy (non-hydrogen) atoms. The second-order valence-corrected chi connectivity index (χ2v) is 10.1. The van der Waals surface area contributed by atoms with Crippen molar-refractivity contribution in [2.75, 3.05) is 24.2 Å². The second-order valence-electron chi connectivity index (χ2n) is 8.20. The van der Waals surface area contributed by atoms with Crippen molar-refractivity contribution in [3.63, 3.8) is 0 Å². The zero-order chi connectivity index (χ0) is 26.3. The molecule has 1 atom stereocenters. The highest BCUT2D eigenvalue weighted by molar-refractivity contribution is 7.92. The molecule has 0 heterocycles. The Morgan fingerprint density at radius 2 is 1.47 bits per heavy atom. The van der Waals surface area contributed by atoms with E-state index < -0.39 is 46.1 Å². The molecule has 0 spiro atoms. The molecule has 190 valence electrons. The van der Waals surface area contributed by atoms with E-state index in [1.165, 1.54) is 11.9 Å². The van der Waals surface area contributed by atoms with Crippen LogP contribution < -0.4 is 9.62 Å². The summed E-state index contributed by atoms with van der Waals surface area (Å²) in [5, 5.41) is 2.58. The first-order valence-corrected chi connectivity index (χ1v) is 13.0. The molecule has 3 aromatic rings. The Kier molecular flexibility index (Phi) is 8.76. The van der Waals surface area contributed by atoms with E-state index in [0.717, 1.165) is 29.5 Å². The second kappa shape index (κ2) is 11.8. The lowest BCUT2D eigenvalue weighted by molar-refractivity contribution is -0.139. The predicted octanol–water partition coefficient (Wildman–Crippen LogP) is 3.12. The van der Waals surface area contributed by atoms with Crippen LogP contribution in [0.2, 0.25) is 0 Å². The average molecular weight is 516 g/mol. The van der Waals surface area contributed by atoms with E-state index in [2.05, 4.69) is 5.32 Å². The van der Waals surface area contributed by atoms with Crippen molar-refractivity contribution < 1.29 is 26.8 Å². The lowest BCUT2D eigenvalue weighted by atomic mass is 10.0. The van der Waals surface area contributed by atoms with E-state index in [4.69, 9.17) is 0 Å². The Morgan fingerprint density at radius 3 is 2.00 bits per heavy atom. The molecule has 0 saturated carbocycles. The van der Waals surface area contributed by atoms with Crippen molar-refractivity contribution >= 4 is 27.5 Å². The van der Waals surface area contributed by atoms with E-state index in [0.29, 0.717) is 10.4 Å². The Bertz CT molecular complexity index is 1310. The number of anilines is 1. The van der Waals surface area contributed by atoms with Gasteiger partial charge in [-0.05, 0) is 23.3 Å². The van der Waals surface area contributed by atoms with E-state index in [9.17, 15) is 26.8 Å². The maximum Gasteiger partial charge on any atom is 0.244 e. The van der Waals surface area contributed by atoms with Gasteiger partial charge < -0.3 is 10.2 Å². The molecule has 0 aromatic heterocycles. The maximum absolute atomic E-state index is 13.9. The van der Waals surface area contributed by atoms with Gasteiger partial charge in [-0.25, -0.2) is 17.2 Å². The van der Waals surface area contributed by atoms with Gasteiger partial charge in [0.1, 0.15) is 12.6 Å². The van der Waals surface area contributed by atoms with Crippen LogP contribution in [0.25, 0.3) is 0 Å². The molecule has 3 rings (SSSR count). The number of sulfonamides is 1. The quantitative estimate of drug-likeness (QED) is 0.450. The van der Waals surface area contributed by atoms with E-state index >= 15 is 0 Å². The van der Waals surface area contributed by atoms with Crippen LogP contribution >= 0.6 is 0 Å². The number of carbonyl (C=O) groups excluding carboxylic acids is 2. The highest BCUT2D eigenvalue weighted by Gasteiger charge is 2.32. The first-order chi connectivity index (χ1) is 17.1. The summed E-state index contributed by atoms with van der Waals surface area (Å²) in [5.74, 6) is -3.51. The fourth-order valence-corrected chi connectivity index (χ4v) is 4.60. The lowest BCUT2D eigenvalue weighted by Crippen LogP contribution is -2.52. The molecule has 0 aliphatic carbocycles. The van der Waals surface area contributed by atoms with Gasteiger partial charge in [0.15, 0.2) is 11.6 Å². The molecule has 0 fully saturated rings. The number of likely N-dealkylation sites (N-methyl/N-ethyl adjacent to an activating group) is 1. The largest absolute Gasteiger partial charge is 0.357 e. The van der Waals surface area contributed by atoms with E-state index in [-0.39, 0.29) is 18.7 Å². The number of nitrogens with one attached hydrogen (secondary N) is 1. The Balaban J connectivity index is 2.01. The Labute approximate surface area is 209 Å². The summed E-state index contributed by atoms with van der Waals surface area (Å²) in [6.45, 7) is -0.682. The number of hydrogen-bond acceptors (Lipinski definition) is 4. The standard InChI is InChI=1S/C26H27F2N3O4S/c1-29-26(33)24(15-19-9-5-3-6-10-19)30(17-20-11-7-4-8-12-20)25(32)18-31(36(2,34)35)21-13-14-22(27)23(28)16-21/h3-14,16,24H,15,17-18H2,1-2H3,(H,29,33)/t24-/m1/s1. The van der Waals surface area contributed by atoms with Crippen molar-refractivity contribution in [3.05, 3.63) is 102 Å². The summed E-state index contributed by atoms with van der Waals surface area (Å²) in [6.07, 6.45) is 1.05. The molecular weight excluding hydrogens is 488 g/mol. The highest BCUT2D eigenvalue weighted by Crippen LogP contribution is 2.22. The third-order valence-electron chi connectivity index (χ3n) is 5.58. The van der Waals surface area contributed by atoms with Crippen LogP contribution in [-0.4, -0.2) is 51.0 Å². The molecule has 0 aliphatic heterocycles. The van der Waals surface area contributed by atoms with Crippen LogP contribution in [0.3, 0.4) is 0 Å². The van der Waals surface area contributed by atoms with Crippen molar-refractivity contribution in [2.45, 2.75) is 19.0 Å². The maximum atomic E-state index is 13.9. The van der Waals surface area contributed by atoms with Gasteiger partial charge in [-0.15, -0.1) is 0 Å². The Hall–Kier alpha value is -3.79. The zero-order valence-electron chi connectivity index (χ0n) is 19.9. The van der Waals surface area contributed by atoms with Gasteiger partial charge in [-0.3, -0.25) is 13.9 Å². The summed E-state index contributed by atoms with van der Waals surface area (Å²) in [6, 6.07) is 19.7. The molecule has 10 heteroatoms. The summed E-state index contributed by atoms with van der Waals surface area (Å²) >= 11 is 0. The minimum atomic E-state index is -4.06. The fourth-order valence-electron chi connectivity index (χ4n) is 3.75. The van der Waals surface area contributed by atoms with Crippen LogP contribution in [0.5, 0.6) is 0 Å². The molecular formula is C26H27F2N3O4S. The Morgan fingerprint density at radius 1 is 0.889 bits per heavy atom. The predicted molar refractivity (Wildman–Crippen MR) is 134 cm³/mol. The molecule has 3 aromatic carbocycles. The number of nitrogens with zero attached hydrogens (tertiary/aromatic N) is 2. The summed E-state index contributed by atoms with van der Waals surface area (Å²) in [5.41, 5.74) is 1.33. The normalized spacial score (nSPS) is 12.0. The van der Waals surface area contributed by atoms with Gasteiger partial charge in [0.05, 0.1) is 11.9 Å². The van der Waals surface area contributed by atoms with Crippen LogP contribution in [-0.2, 0) is 32.6 Å². The van der Waals surface area contributed by atoms with Gasteiger partial charge in [0.2, 0.25) is 21.8 Å². The first-order valence-electron chi connectivity index (χ1n) is 11.1. The number of amides is 2. The molecule has 2 amide bonds. The fraction of sp³-hybridized carbons (Fsp3) is 0.231. The SMILES string of the molecule is CNC(=O)[C@@H](Cc1ccccc1)N(Cc1ccccc1)C(=O)CN(c1ccc(F)c(F)c1)S(C)(=O)=O. The number of carbonyl (C=O) groups is 2. The number of rotatable bonds is 10. The lowest BCUT2D eigenvalue weighted by Gasteiger charge is -2.33. The van der Waals surface area contributed by atoms with Crippen LogP contribution in [0.15, 0.2) is 78.9 Å². The van der Waals surface area contributed by atoms with Crippen molar-refractivity contribution in [2.24, 2.45) is 0 Å². The van der Waals surface area contributed by atoms with Gasteiger partial charge >= 0.3 is 0 Å². The molecule has 0 radical (unpaired) electrons. The molecule has 0 saturated heterocycles. The van der Waals surface area contributed by atoms with Crippen molar-refractivity contribution in [1.82, 2.24) is 10.2 Å². The van der Waals surface area contributed by atoms with E-state index in [1.807, 2.05) is 36.4 Å². The summed E-state index contributed by atoms with van der Waals surface area (Å²) in [4.78, 5) is 27.9. The topological polar surface area (TPSA) is 86.8 Å². The van der Waals surface area contributed by atoms with Crippen molar-refractivity contribution in [3.8, 4) is 0 Å². The van der Waals surface area contributed by atoms with Gasteiger partial charge in [0.25, 0.3) is 0 Å². The minimum absolute atomic E-state index is 0.0278. The van der Waals surface area contributed by atoms with Gasteiger partial charge in [-0.2, -0.15) is 0 Å². The third kappa shape index (κ3) is 6.88. The minimum Gasteiger partial charge on any atom is -0.357 e. The molecule has 1 N–H and O–H groups in total. The van der Waals surface area contributed by atoms with Gasteiger partial charge in [-0.1, -0.05) is 60.7 Å². The number of hydrogen-bond donors (Lipinski definition) is 1. The smallest absolute Gasteiger partial charge is 0.244 e. The highest BCUT2D eigenvalue weighted by atomic mass is 32.2. The van der Waals surface area contributed by atoms with Crippen LogP contribution in [0.4, 0.5) is 14.5 Å². The van der Waals surface area contributed by atoms with Crippen molar-refractivity contribution in [1.29, 1.82) is 0 Å². The molecule has 7 nitrogen and oxygen atoms in total. The monoisotopic (exact) mass is 515 g/mol. The van der Waals surface area contributed by atoms with Gasteiger partial charge in [0, 0.05) is 26.1 Å². The molecule has 0 unspecified atom stereocenters. The molecule has 0 aliphatic rings. The summed E-state index contributed by atoms with van der Waals surface area (Å²) in [7, 11) is -2.61. The summed E-state index contributed by atoms with van der Waals surface area (Å²) < 4.78 is 53.2. The van der Waals surface area contributed by atoms with Crippen LogP contribution in [0.1, 0.15) is 11.1 Å².